The molecule has 1 aliphatic heterocycles. The summed E-state index contributed by atoms with van der Waals surface area (Å²) in [5.74, 6) is -1.05. The Balaban J connectivity index is 1.39. The number of hydrogen-bond acceptors (Lipinski definition) is 4. The highest BCUT2D eigenvalue weighted by Gasteiger charge is 2.29. The third-order valence-corrected chi connectivity index (χ3v) is 6.97. The minimum atomic E-state index is -3.49. The van der Waals surface area contributed by atoms with Crippen molar-refractivity contribution in [3.8, 4) is 0 Å². The van der Waals surface area contributed by atoms with Crippen LogP contribution in [0.4, 0.5) is 4.39 Å². The maximum absolute atomic E-state index is 12.9. The average Bonchev–Trinajstić information content (AvgIpc) is 2.77. The molecule has 0 unspecified atom stereocenters. The van der Waals surface area contributed by atoms with Gasteiger partial charge in [0.05, 0.1) is 11.4 Å². The minimum absolute atomic E-state index is 0.170. The van der Waals surface area contributed by atoms with Gasteiger partial charge in [-0.25, -0.2) is 12.8 Å². The van der Waals surface area contributed by atoms with Crippen molar-refractivity contribution in [2.75, 3.05) is 26.2 Å². The van der Waals surface area contributed by atoms with Gasteiger partial charge in [-0.05, 0) is 55.2 Å². The molecule has 2 amide bonds. The molecule has 3 rings (SSSR count). The molecular formula is C21H24FN3O4S. The minimum Gasteiger partial charge on any atom is -0.354 e. The Kier molecular flexibility index (Phi) is 7.17. The lowest BCUT2D eigenvalue weighted by Gasteiger charge is -2.31. The maximum Gasteiger partial charge on any atom is 0.251 e. The van der Waals surface area contributed by atoms with Gasteiger partial charge in [0.25, 0.3) is 5.91 Å². The molecule has 2 N–H and O–H groups in total. The molecule has 30 heavy (non-hydrogen) atoms. The summed E-state index contributed by atoms with van der Waals surface area (Å²) >= 11 is 0. The van der Waals surface area contributed by atoms with Crippen LogP contribution in [0.15, 0.2) is 59.5 Å². The van der Waals surface area contributed by atoms with Crippen LogP contribution in [0.1, 0.15) is 23.2 Å². The number of benzene rings is 2. The normalized spacial score (nSPS) is 15.5. The fourth-order valence-corrected chi connectivity index (χ4v) is 4.77. The van der Waals surface area contributed by atoms with Crippen LogP contribution in [-0.2, 0) is 14.8 Å². The predicted molar refractivity (Wildman–Crippen MR) is 110 cm³/mol. The molecule has 160 valence electrons. The molecule has 0 bridgehead atoms. The lowest BCUT2D eigenvalue weighted by atomic mass is 9.98. The van der Waals surface area contributed by atoms with Gasteiger partial charge in [0.2, 0.25) is 15.9 Å². The van der Waals surface area contributed by atoms with Crippen molar-refractivity contribution in [3.05, 3.63) is 66.0 Å². The number of rotatable bonds is 7. The highest BCUT2D eigenvalue weighted by Crippen LogP contribution is 2.23. The van der Waals surface area contributed by atoms with Crippen LogP contribution in [0.5, 0.6) is 0 Å². The monoisotopic (exact) mass is 433 g/mol. The number of amides is 2. The van der Waals surface area contributed by atoms with Crippen molar-refractivity contribution in [3.63, 3.8) is 0 Å². The Hall–Kier alpha value is -2.78. The van der Waals surface area contributed by atoms with Gasteiger partial charge in [0.1, 0.15) is 5.82 Å². The molecule has 1 heterocycles. The van der Waals surface area contributed by atoms with Gasteiger partial charge in [-0.2, -0.15) is 4.31 Å². The highest BCUT2D eigenvalue weighted by atomic mass is 32.2. The van der Waals surface area contributed by atoms with E-state index in [2.05, 4.69) is 10.6 Å². The molecular weight excluding hydrogens is 409 g/mol. The van der Waals surface area contributed by atoms with E-state index in [4.69, 9.17) is 0 Å². The van der Waals surface area contributed by atoms with Crippen molar-refractivity contribution < 1.29 is 22.4 Å². The molecule has 1 saturated heterocycles. The van der Waals surface area contributed by atoms with E-state index < -0.39 is 21.7 Å². The van der Waals surface area contributed by atoms with Crippen molar-refractivity contribution in [2.45, 2.75) is 17.7 Å². The van der Waals surface area contributed by atoms with E-state index in [9.17, 15) is 22.4 Å². The molecule has 0 saturated carbocycles. The van der Waals surface area contributed by atoms with Crippen molar-refractivity contribution in [1.82, 2.24) is 14.9 Å². The first-order valence-corrected chi connectivity index (χ1v) is 11.2. The number of nitrogens with zero attached hydrogens (tertiary/aromatic N) is 1. The van der Waals surface area contributed by atoms with E-state index in [0.717, 1.165) is 0 Å². The number of carbonyl (C=O) groups is 2. The van der Waals surface area contributed by atoms with E-state index in [1.54, 1.807) is 30.3 Å². The first-order chi connectivity index (χ1) is 14.4. The molecule has 1 fully saturated rings. The fraction of sp³-hybridized carbons (Fsp3) is 0.333. The SMILES string of the molecule is O=C(CNC(=O)c1ccc(F)cc1)NCC1CCN(S(=O)(=O)c2ccccc2)CC1. The number of nitrogens with one attached hydrogen (secondary N) is 2. The molecule has 0 aromatic heterocycles. The van der Waals surface area contributed by atoms with Gasteiger partial charge >= 0.3 is 0 Å². The Labute approximate surface area is 175 Å². The van der Waals surface area contributed by atoms with Crippen LogP contribution < -0.4 is 10.6 Å². The van der Waals surface area contributed by atoms with Gasteiger partial charge in [-0.1, -0.05) is 18.2 Å². The van der Waals surface area contributed by atoms with E-state index in [0.29, 0.717) is 32.5 Å². The third kappa shape index (κ3) is 5.64. The molecule has 0 spiro atoms. The Morgan fingerprint density at radius 1 is 0.967 bits per heavy atom. The lowest BCUT2D eigenvalue weighted by Crippen LogP contribution is -2.43. The van der Waals surface area contributed by atoms with Crippen LogP contribution in [0, 0.1) is 11.7 Å². The summed E-state index contributed by atoms with van der Waals surface area (Å²) in [7, 11) is -3.49. The summed E-state index contributed by atoms with van der Waals surface area (Å²) in [5.41, 5.74) is 0.274. The number of hydrogen-bond donors (Lipinski definition) is 2. The van der Waals surface area contributed by atoms with E-state index in [1.165, 1.54) is 28.6 Å². The van der Waals surface area contributed by atoms with Gasteiger partial charge in [-0.3, -0.25) is 9.59 Å². The summed E-state index contributed by atoms with van der Waals surface area (Å²) in [4.78, 5) is 24.2. The predicted octanol–water partition coefficient (Wildman–Crippen LogP) is 1.77. The Morgan fingerprint density at radius 2 is 1.60 bits per heavy atom. The van der Waals surface area contributed by atoms with E-state index >= 15 is 0 Å². The summed E-state index contributed by atoms with van der Waals surface area (Å²) < 4.78 is 39.6. The largest absolute Gasteiger partial charge is 0.354 e. The van der Waals surface area contributed by atoms with Gasteiger partial charge in [0, 0.05) is 25.2 Å². The first kappa shape index (κ1) is 21.9. The van der Waals surface area contributed by atoms with Gasteiger partial charge in [-0.15, -0.1) is 0 Å². The molecule has 0 aliphatic carbocycles. The van der Waals surface area contributed by atoms with Crippen LogP contribution in [0.25, 0.3) is 0 Å². The molecule has 9 heteroatoms. The summed E-state index contributed by atoms with van der Waals surface area (Å²) in [6.07, 6.45) is 1.29. The Morgan fingerprint density at radius 3 is 2.23 bits per heavy atom. The van der Waals surface area contributed by atoms with E-state index in [-0.39, 0.29) is 28.8 Å². The van der Waals surface area contributed by atoms with Crippen LogP contribution in [0.2, 0.25) is 0 Å². The summed E-state index contributed by atoms with van der Waals surface area (Å²) in [6.45, 7) is 1.04. The summed E-state index contributed by atoms with van der Waals surface area (Å²) in [6, 6.07) is 13.4. The summed E-state index contributed by atoms with van der Waals surface area (Å²) in [5, 5.41) is 5.26. The van der Waals surface area contributed by atoms with Crippen LogP contribution in [0.3, 0.4) is 0 Å². The first-order valence-electron chi connectivity index (χ1n) is 9.72. The maximum atomic E-state index is 12.9. The second kappa shape index (κ2) is 9.82. The quantitative estimate of drug-likeness (QED) is 0.696. The zero-order chi connectivity index (χ0) is 21.6. The van der Waals surface area contributed by atoms with Crippen LogP contribution in [-0.4, -0.2) is 50.7 Å². The zero-order valence-corrected chi connectivity index (χ0v) is 17.2. The number of halogens is 1. The molecule has 2 aromatic carbocycles. The van der Waals surface area contributed by atoms with Crippen molar-refractivity contribution >= 4 is 21.8 Å². The topological polar surface area (TPSA) is 95.6 Å². The number of sulfonamides is 1. The van der Waals surface area contributed by atoms with Crippen molar-refractivity contribution in [1.29, 1.82) is 0 Å². The second-order valence-electron chi connectivity index (χ2n) is 7.15. The van der Waals surface area contributed by atoms with E-state index in [1.807, 2.05) is 0 Å². The number of piperidine rings is 1. The fourth-order valence-electron chi connectivity index (χ4n) is 3.28. The zero-order valence-electron chi connectivity index (χ0n) is 16.4. The van der Waals surface area contributed by atoms with Gasteiger partial charge in [0.15, 0.2) is 0 Å². The molecule has 0 atom stereocenters. The number of carbonyl (C=O) groups excluding carboxylic acids is 2. The van der Waals surface area contributed by atoms with Crippen LogP contribution >= 0.6 is 0 Å². The third-order valence-electron chi connectivity index (χ3n) is 5.06. The Bertz CT molecular complexity index is 973. The second-order valence-corrected chi connectivity index (χ2v) is 9.09. The van der Waals surface area contributed by atoms with Crippen molar-refractivity contribution in [2.24, 2.45) is 5.92 Å². The highest BCUT2D eigenvalue weighted by molar-refractivity contribution is 7.89. The average molecular weight is 434 g/mol. The smallest absolute Gasteiger partial charge is 0.251 e. The molecule has 1 aliphatic rings. The molecule has 7 nitrogen and oxygen atoms in total. The molecule has 2 aromatic rings. The van der Waals surface area contributed by atoms with Gasteiger partial charge < -0.3 is 10.6 Å². The lowest BCUT2D eigenvalue weighted by molar-refractivity contribution is -0.120. The standard InChI is InChI=1S/C21H24FN3O4S/c22-18-8-6-17(7-9-18)21(27)24-15-20(26)23-14-16-10-12-25(13-11-16)30(28,29)19-4-2-1-3-5-19/h1-9,16H,10-15H2,(H,23,26)(H,24,27). The molecule has 0 radical (unpaired) electrons.